The Bertz CT molecular complexity index is 213. The molecule has 0 aromatic rings. The van der Waals surface area contributed by atoms with Gasteiger partial charge in [-0.2, -0.15) is 0 Å². The summed E-state index contributed by atoms with van der Waals surface area (Å²) in [6, 6.07) is 0. The van der Waals surface area contributed by atoms with E-state index >= 15 is 0 Å². The van der Waals surface area contributed by atoms with Crippen molar-refractivity contribution in [2.24, 2.45) is 15.7 Å². The van der Waals surface area contributed by atoms with Crippen LogP contribution in [0, 0.1) is 0 Å². The van der Waals surface area contributed by atoms with Crippen molar-refractivity contribution in [1.82, 2.24) is 0 Å². The Labute approximate surface area is 67.0 Å². The summed E-state index contributed by atoms with van der Waals surface area (Å²) in [4.78, 5) is 7.32. The quantitative estimate of drug-likeness (QED) is 0.475. The molecule has 0 aliphatic rings. The standard InChI is InChI=1S/C8H13N3/c1-6(5-10-3)8(9)7(2)11-4/h1,3-5,9H2,2H3/b8-7-. The van der Waals surface area contributed by atoms with Crippen LogP contribution < -0.4 is 5.73 Å². The Morgan fingerprint density at radius 3 is 2.36 bits per heavy atom. The molecule has 11 heavy (non-hydrogen) atoms. The molecule has 0 aliphatic carbocycles. The third-order valence-corrected chi connectivity index (χ3v) is 1.31. The van der Waals surface area contributed by atoms with Crippen LogP contribution >= 0.6 is 0 Å². The molecule has 60 valence electrons. The highest BCUT2D eigenvalue weighted by molar-refractivity contribution is 5.37. The molecular weight excluding hydrogens is 138 g/mol. The lowest BCUT2D eigenvalue weighted by molar-refractivity contribution is 1.10. The van der Waals surface area contributed by atoms with Crippen LogP contribution in [0.5, 0.6) is 0 Å². The van der Waals surface area contributed by atoms with Crippen molar-refractivity contribution < 1.29 is 0 Å². The fourth-order valence-corrected chi connectivity index (χ4v) is 0.561. The predicted molar refractivity (Wildman–Crippen MR) is 50.0 cm³/mol. The van der Waals surface area contributed by atoms with Crippen LogP contribution in [-0.2, 0) is 0 Å². The van der Waals surface area contributed by atoms with E-state index < -0.39 is 0 Å². The molecule has 0 unspecified atom stereocenters. The molecule has 3 heteroatoms. The minimum Gasteiger partial charge on any atom is -0.397 e. The Balaban J connectivity index is 4.45. The molecule has 0 spiro atoms. The number of hydrogen-bond acceptors (Lipinski definition) is 3. The zero-order valence-corrected chi connectivity index (χ0v) is 6.80. The molecule has 0 saturated heterocycles. The van der Waals surface area contributed by atoms with Crippen molar-refractivity contribution in [1.29, 1.82) is 0 Å². The first-order valence-electron chi connectivity index (χ1n) is 3.17. The summed E-state index contributed by atoms with van der Waals surface area (Å²) >= 11 is 0. The Kier molecular flexibility index (Phi) is 3.88. The Morgan fingerprint density at radius 1 is 1.45 bits per heavy atom. The average Bonchev–Trinajstić information content (AvgIpc) is 2.02. The van der Waals surface area contributed by atoms with Gasteiger partial charge in [-0.05, 0) is 25.9 Å². The second-order valence-electron chi connectivity index (χ2n) is 2.14. The molecule has 0 aromatic carbocycles. The second kappa shape index (κ2) is 4.44. The molecule has 0 atom stereocenters. The number of nitrogens with two attached hydrogens (primary N) is 1. The van der Waals surface area contributed by atoms with Gasteiger partial charge in [-0.15, -0.1) is 0 Å². The van der Waals surface area contributed by atoms with Gasteiger partial charge in [0.25, 0.3) is 0 Å². The maximum Gasteiger partial charge on any atom is 0.0647 e. The van der Waals surface area contributed by atoms with Crippen molar-refractivity contribution in [3.05, 3.63) is 23.5 Å². The highest BCUT2D eigenvalue weighted by Crippen LogP contribution is 2.07. The van der Waals surface area contributed by atoms with Crippen molar-refractivity contribution in [3.8, 4) is 0 Å². The molecule has 0 rings (SSSR count). The van der Waals surface area contributed by atoms with Gasteiger partial charge in [-0.25, -0.2) is 0 Å². The van der Waals surface area contributed by atoms with Gasteiger partial charge in [0.15, 0.2) is 0 Å². The first-order chi connectivity index (χ1) is 5.13. The average molecular weight is 151 g/mol. The topological polar surface area (TPSA) is 50.7 Å². The first kappa shape index (κ1) is 9.62. The summed E-state index contributed by atoms with van der Waals surface area (Å²) in [5.41, 5.74) is 7.57. The number of rotatable bonds is 4. The zero-order chi connectivity index (χ0) is 8.85. The van der Waals surface area contributed by atoms with E-state index in [1.807, 2.05) is 0 Å². The van der Waals surface area contributed by atoms with Crippen LogP contribution in [0.1, 0.15) is 6.92 Å². The lowest BCUT2D eigenvalue weighted by atomic mass is 10.2. The minimum absolute atomic E-state index is 0.443. The van der Waals surface area contributed by atoms with Gasteiger partial charge in [0, 0.05) is 0 Å². The van der Waals surface area contributed by atoms with Crippen LogP contribution in [0.15, 0.2) is 33.5 Å². The number of nitrogens with zero attached hydrogens (tertiary/aromatic N) is 2. The van der Waals surface area contributed by atoms with E-state index in [0.717, 1.165) is 5.57 Å². The van der Waals surface area contributed by atoms with Gasteiger partial charge in [0.2, 0.25) is 0 Å². The van der Waals surface area contributed by atoms with Gasteiger partial charge in [-0.3, -0.25) is 9.98 Å². The van der Waals surface area contributed by atoms with E-state index in [-0.39, 0.29) is 0 Å². The largest absolute Gasteiger partial charge is 0.397 e. The predicted octanol–water partition coefficient (Wildman–Crippen LogP) is 1.13. The van der Waals surface area contributed by atoms with Gasteiger partial charge < -0.3 is 5.73 Å². The maximum absolute atomic E-state index is 5.62. The van der Waals surface area contributed by atoms with E-state index in [1.54, 1.807) is 6.92 Å². The summed E-state index contributed by atoms with van der Waals surface area (Å²) in [5, 5.41) is 0. The molecule has 3 nitrogen and oxygen atoms in total. The minimum atomic E-state index is 0.443. The van der Waals surface area contributed by atoms with E-state index in [9.17, 15) is 0 Å². The lowest BCUT2D eigenvalue weighted by Crippen LogP contribution is -2.04. The molecule has 0 aromatic heterocycles. The fourth-order valence-electron chi connectivity index (χ4n) is 0.561. The van der Waals surface area contributed by atoms with Gasteiger partial charge in [0.05, 0.1) is 17.9 Å². The molecule has 0 aliphatic heterocycles. The second-order valence-corrected chi connectivity index (χ2v) is 2.14. The van der Waals surface area contributed by atoms with Crippen LogP contribution in [-0.4, -0.2) is 20.0 Å². The smallest absolute Gasteiger partial charge is 0.0647 e. The SMILES string of the molecule is C=NCC(=C)/C(N)=C(\C)N=C. The molecule has 0 fully saturated rings. The van der Waals surface area contributed by atoms with E-state index in [4.69, 9.17) is 5.73 Å². The van der Waals surface area contributed by atoms with Crippen molar-refractivity contribution >= 4 is 13.4 Å². The summed E-state index contributed by atoms with van der Waals surface area (Å²) in [7, 11) is 0. The van der Waals surface area contributed by atoms with Crippen molar-refractivity contribution in [2.75, 3.05) is 6.54 Å². The Morgan fingerprint density at radius 2 is 2.00 bits per heavy atom. The summed E-state index contributed by atoms with van der Waals surface area (Å²) in [6.45, 7) is 12.6. The lowest BCUT2D eigenvalue weighted by Gasteiger charge is -2.03. The summed E-state index contributed by atoms with van der Waals surface area (Å²) in [6.07, 6.45) is 0. The molecule has 0 bridgehead atoms. The molecule has 0 radical (unpaired) electrons. The van der Waals surface area contributed by atoms with Crippen LogP contribution in [0.2, 0.25) is 0 Å². The fraction of sp³-hybridized carbons (Fsp3) is 0.250. The molecule has 2 N–H and O–H groups in total. The van der Waals surface area contributed by atoms with Gasteiger partial charge in [-0.1, -0.05) is 6.58 Å². The zero-order valence-electron chi connectivity index (χ0n) is 6.80. The van der Waals surface area contributed by atoms with E-state index in [1.165, 1.54) is 0 Å². The van der Waals surface area contributed by atoms with Crippen LogP contribution in [0.4, 0.5) is 0 Å². The third-order valence-electron chi connectivity index (χ3n) is 1.31. The van der Waals surface area contributed by atoms with Crippen molar-refractivity contribution in [2.45, 2.75) is 6.92 Å². The molecule has 0 amide bonds. The van der Waals surface area contributed by atoms with Crippen LogP contribution in [0.25, 0.3) is 0 Å². The number of aliphatic imine (C=N–C) groups is 2. The first-order valence-corrected chi connectivity index (χ1v) is 3.17. The van der Waals surface area contributed by atoms with E-state index in [2.05, 4.69) is 30.0 Å². The Hall–Kier alpha value is -1.38. The van der Waals surface area contributed by atoms with Gasteiger partial charge in [0.1, 0.15) is 0 Å². The maximum atomic E-state index is 5.62. The van der Waals surface area contributed by atoms with Gasteiger partial charge >= 0.3 is 0 Å². The highest BCUT2D eigenvalue weighted by atomic mass is 14.8. The van der Waals surface area contributed by atoms with E-state index in [0.29, 0.717) is 17.9 Å². The third kappa shape index (κ3) is 2.80. The highest BCUT2D eigenvalue weighted by Gasteiger charge is 1.98. The number of allylic oxidation sites excluding steroid dienone is 1. The summed E-state index contributed by atoms with van der Waals surface area (Å²) < 4.78 is 0. The monoisotopic (exact) mass is 151 g/mol. The normalized spacial score (nSPS) is 11.7. The summed E-state index contributed by atoms with van der Waals surface area (Å²) in [5.74, 6) is 0. The van der Waals surface area contributed by atoms with Crippen LogP contribution in [0.3, 0.4) is 0 Å². The van der Waals surface area contributed by atoms with Crippen molar-refractivity contribution in [3.63, 3.8) is 0 Å². The molecule has 0 saturated carbocycles. The molecule has 0 heterocycles. The molecular formula is C8H13N3. The number of hydrogen-bond donors (Lipinski definition) is 1.